The van der Waals surface area contributed by atoms with Gasteiger partial charge in [-0.05, 0) is 93.7 Å². The summed E-state index contributed by atoms with van der Waals surface area (Å²) in [6.07, 6.45) is 1.60. The minimum Gasteiger partial charge on any atom is -0.481 e. The fourth-order valence-electron chi connectivity index (χ4n) is 6.98. The zero-order valence-corrected chi connectivity index (χ0v) is 27.7. The summed E-state index contributed by atoms with van der Waals surface area (Å²) in [4.78, 5) is 27.3. The maximum atomic E-state index is 11.4. The van der Waals surface area contributed by atoms with Gasteiger partial charge in [0.05, 0.1) is 22.7 Å². The van der Waals surface area contributed by atoms with Gasteiger partial charge >= 0.3 is 5.97 Å². The van der Waals surface area contributed by atoms with Gasteiger partial charge in [0.1, 0.15) is 16.6 Å². The molecule has 2 aliphatic rings. The number of hydrogen-bond acceptors (Lipinski definition) is 8. The summed E-state index contributed by atoms with van der Waals surface area (Å²) in [5, 5.41) is 20.4. The van der Waals surface area contributed by atoms with Crippen molar-refractivity contribution < 1.29 is 14.3 Å². The van der Waals surface area contributed by atoms with Crippen LogP contribution in [0.3, 0.4) is 0 Å². The normalized spacial score (nSPS) is 18.1. The van der Waals surface area contributed by atoms with Crippen molar-refractivity contribution in [2.24, 2.45) is 5.92 Å². The van der Waals surface area contributed by atoms with E-state index in [1.165, 1.54) is 16.1 Å². The summed E-state index contributed by atoms with van der Waals surface area (Å²) in [6, 6.07) is 18.7. The molecule has 2 aliphatic heterocycles. The van der Waals surface area contributed by atoms with Gasteiger partial charge in [-0.1, -0.05) is 30.3 Å². The van der Waals surface area contributed by atoms with Crippen molar-refractivity contribution in [2.45, 2.75) is 52.6 Å². The van der Waals surface area contributed by atoms with Crippen LogP contribution in [0, 0.1) is 31.1 Å². The standard InChI is InChI=1S/C37H37N5O3S/c1-21-26(27-9-7-11-29(22(27)2)35-40-30-13-14-41(5)37(3,4)33(30)46-35)8-6-10-28(21)34-39-31-17-23(16-25(18-38)32(31)45-34)19-42-15-12-24(20-42)36(43)44/h6-11,16-17,24H,12-15,19-20H2,1-5H3,(H,43,44). The summed E-state index contributed by atoms with van der Waals surface area (Å²) in [6.45, 7) is 11.6. The van der Waals surface area contributed by atoms with Crippen molar-refractivity contribution >= 4 is 28.4 Å². The number of aliphatic carboxylic acids is 1. The Morgan fingerprint density at radius 2 is 1.76 bits per heavy atom. The molecular weight excluding hydrogens is 595 g/mol. The molecule has 9 heteroatoms. The fourth-order valence-corrected chi connectivity index (χ4v) is 8.33. The van der Waals surface area contributed by atoms with Crippen LogP contribution in [0.5, 0.6) is 0 Å². The highest BCUT2D eigenvalue weighted by Gasteiger charge is 2.35. The molecule has 7 rings (SSSR count). The molecule has 1 N–H and O–H groups in total. The highest BCUT2D eigenvalue weighted by Crippen LogP contribution is 2.43. The lowest BCUT2D eigenvalue weighted by Crippen LogP contribution is -2.43. The monoisotopic (exact) mass is 631 g/mol. The van der Waals surface area contributed by atoms with E-state index in [4.69, 9.17) is 14.4 Å². The Kier molecular flexibility index (Phi) is 7.55. The number of likely N-dealkylation sites (N-methyl/N-ethyl adjacent to an activating group) is 1. The molecule has 3 aromatic carbocycles. The van der Waals surface area contributed by atoms with Crippen molar-refractivity contribution in [2.75, 3.05) is 26.7 Å². The van der Waals surface area contributed by atoms with Crippen molar-refractivity contribution in [3.63, 3.8) is 0 Å². The van der Waals surface area contributed by atoms with Crippen LogP contribution >= 0.6 is 11.3 Å². The van der Waals surface area contributed by atoms with Gasteiger partial charge in [-0.15, -0.1) is 11.3 Å². The van der Waals surface area contributed by atoms with E-state index < -0.39 is 5.97 Å². The number of hydrogen-bond donors (Lipinski definition) is 1. The Labute approximate surface area is 272 Å². The van der Waals surface area contributed by atoms with Crippen LogP contribution in [0.25, 0.3) is 44.3 Å². The number of likely N-dealkylation sites (tertiary alicyclic amines) is 1. The Bertz CT molecular complexity index is 2050. The molecule has 0 spiro atoms. The Balaban J connectivity index is 1.23. The van der Waals surface area contributed by atoms with E-state index in [0.29, 0.717) is 48.6 Å². The van der Waals surface area contributed by atoms with Gasteiger partial charge in [0.25, 0.3) is 0 Å². The number of carboxylic acid groups (broad SMARTS) is 1. The first-order valence-corrected chi connectivity index (χ1v) is 16.6. The molecule has 2 aromatic heterocycles. The third-order valence-corrected chi connectivity index (χ3v) is 11.5. The first kappa shape index (κ1) is 30.3. The van der Waals surface area contributed by atoms with Crippen molar-refractivity contribution in [1.29, 1.82) is 5.26 Å². The second kappa shape index (κ2) is 11.5. The lowest BCUT2D eigenvalue weighted by molar-refractivity contribution is -0.141. The number of carboxylic acids is 1. The lowest BCUT2D eigenvalue weighted by atomic mass is 9.91. The highest BCUT2D eigenvalue weighted by atomic mass is 32.1. The van der Waals surface area contributed by atoms with Crippen LogP contribution in [0.4, 0.5) is 0 Å². The summed E-state index contributed by atoms with van der Waals surface area (Å²) in [7, 11) is 2.19. The van der Waals surface area contributed by atoms with Crippen molar-refractivity contribution in [3.05, 3.63) is 81.4 Å². The van der Waals surface area contributed by atoms with Gasteiger partial charge in [-0.3, -0.25) is 14.6 Å². The number of thiazole rings is 1. The van der Waals surface area contributed by atoms with Gasteiger partial charge in [0.2, 0.25) is 5.89 Å². The van der Waals surface area contributed by atoms with Crippen molar-refractivity contribution in [3.8, 4) is 39.2 Å². The molecule has 5 aromatic rings. The summed E-state index contributed by atoms with van der Waals surface area (Å²) < 4.78 is 6.28. The number of carbonyl (C=O) groups is 1. The van der Waals surface area contributed by atoms with E-state index in [1.807, 2.05) is 24.3 Å². The molecule has 8 nitrogen and oxygen atoms in total. The SMILES string of the molecule is Cc1c(-c2nc3cc(CN4CCC(C(=O)O)C4)cc(C#N)c3o2)cccc1-c1cccc(-c2nc3c(s2)C(C)(C)N(C)CC3)c1C. The molecule has 4 heterocycles. The maximum absolute atomic E-state index is 11.4. The average molecular weight is 632 g/mol. The van der Waals surface area contributed by atoms with Crippen LogP contribution in [0.1, 0.15) is 53.1 Å². The van der Waals surface area contributed by atoms with Gasteiger partial charge in [0, 0.05) is 42.1 Å². The maximum Gasteiger partial charge on any atom is 0.307 e. The van der Waals surface area contributed by atoms with E-state index in [9.17, 15) is 15.2 Å². The number of nitrogens with zero attached hydrogens (tertiary/aromatic N) is 5. The topological polar surface area (TPSA) is 106 Å². The molecule has 1 atom stereocenters. The quantitative estimate of drug-likeness (QED) is 0.207. The van der Waals surface area contributed by atoms with Crippen molar-refractivity contribution in [1.82, 2.24) is 19.8 Å². The van der Waals surface area contributed by atoms with Crippen LogP contribution in [0.15, 0.2) is 52.9 Å². The van der Waals surface area contributed by atoms with E-state index in [0.717, 1.165) is 51.4 Å². The molecule has 234 valence electrons. The highest BCUT2D eigenvalue weighted by molar-refractivity contribution is 7.15. The van der Waals surface area contributed by atoms with Gasteiger partial charge in [-0.25, -0.2) is 9.97 Å². The van der Waals surface area contributed by atoms with Crippen LogP contribution < -0.4 is 0 Å². The third-order valence-electron chi connectivity index (χ3n) is 10.0. The van der Waals surface area contributed by atoms with Crippen LogP contribution in [0.2, 0.25) is 0 Å². The van der Waals surface area contributed by atoms with Gasteiger partial charge < -0.3 is 9.52 Å². The lowest BCUT2D eigenvalue weighted by Gasteiger charge is -2.38. The minimum absolute atomic E-state index is 0.0384. The molecule has 0 radical (unpaired) electrons. The van der Waals surface area contributed by atoms with Gasteiger partial charge in [-0.2, -0.15) is 5.26 Å². The van der Waals surface area contributed by atoms with Crippen LogP contribution in [-0.4, -0.2) is 57.5 Å². The minimum atomic E-state index is -0.754. The Hall–Kier alpha value is -4.36. The molecule has 0 aliphatic carbocycles. The van der Waals surface area contributed by atoms with Gasteiger partial charge in [0.15, 0.2) is 5.58 Å². The molecular formula is C37H37N5O3S. The third kappa shape index (κ3) is 5.11. The molecule has 1 unspecified atom stereocenters. The molecule has 0 saturated carbocycles. The zero-order valence-electron chi connectivity index (χ0n) is 26.8. The number of aromatic nitrogens is 2. The number of benzene rings is 3. The number of nitriles is 1. The first-order valence-electron chi connectivity index (χ1n) is 15.8. The summed E-state index contributed by atoms with van der Waals surface area (Å²) in [5.74, 6) is -0.628. The first-order chi connectivity index (χ1) is 22.0. The summed E-state index contributed by atoms with van der Waals surface area (Å²) in [5.41, 5.74) is 10.1. The molecule has 0 amide bonds. The zero-order chi connectivity index (χ0) is 32.3. The molecule has 46 heavy (non-hydrogen) atoms. The second-order valence-corrected chi connectivity index (χ2v) is 14.2. The predicted octanol–water partition coefficient (Wildman–Crippen LogP) is 7.40. The molecule has 1 fully saturated rings. The second-order valence-electron chi connectivity index (χ2n) is 13.2. The summed E-state index contributed by atoms with van der Waals surface area (Å²) >= 11 is 1.81. The number of fused-ring (bicyclic) bond motifs is 2. The average Bonchev–Trinajstić information content (AvgIpc) is 3.78. The fraction of sp³-hybridized carbons (Fsp3) is 0.351. The van der Waals surface area contributed by atoms with E-state index in [-0.39, 0.29) is 11.5 Å². The number of rotatable bonds is 6. The number of oxazole rings is 1. The Morgan fingerprint density at radius 3 is 2.46 bits per heavy atom. The Morgan fingerprint density at radius 1 is 1.07 bits per heavy atom. The molecule has 1 saturated heterocycles. The van der Waals surface area contributed by atoms with E-state index in [1.54, 1.807) is 11.3 Å². The predicted molar refractivity (Wildman–Crippen MR) is 181 cm³/mol. The van der Waals surface area contributed by atoms with E-state index >= 15 is 0 Å². The van der Waals surface area contributed by atoms with Crippen LogP contribution in [-0.2, 0) is 23.3 Å². The molecule has 0 bridgehead atoms. The smallest absolute Gasteiger partial charge is 0.307 e. The largest absolute Gasteiger partial charge is 0.481 e. The van der Waals surface area contributed by atoms with E-state index in [2.05, 4.69) is 74.9 Å².